The maximum Gasteiger partial charge on any atom is 0.257 e. The largest absolute Gasteiger partial charge is 0.497 e. The van der Waals surface area contributed by atoms with Gasteiger partial charge in [-0.1, -0.05) is 0 Å². The molecule has 6 nitrogen and oxygen atoms in total. The van der Waals surface area contributed by atoms with Gasteiger partial charge in [-0.15, -0.1) is 0 Å². The summed E-state index contributed by atoms with van der Waals surface area (Å²) in [5.74, 6) is 0.904. The van der Waals surface area contributed by atoms with Crippen LogP contribution in [0.3, 0.4) is 0 Å². The average molecular weight is 313 g/mol. The van der Waals surface area contributed by atoms with E-state index in [0.717, 1.165) is 0 Å². The lowest BCUT2D eigenvalue weighted by Crippen LogP contribution is -2.38. The molecule has 0 spiro atoms. The highest BCUT2D eigenvalue weighted by Crippen LogP contribution is 2.27. The molecule has 1 atom stereocenters. The van der Waals surface area contributed by atoms with Gasteiger partial charge in [0.15, 0.2) is 9.84 Å². The monoisotopic (exact) mass is 313 g/mol. The van der Waals surface area contributed by atoms with Crippen molar-refractivity contribution in [1.29, 1.82) is 0 Å². The minimum absolute atomic E-state index is 0.0215. The summed E-state index contributed by atoms with van der Waals surface area (Å²) >= 11 is 0. The Labute approximate surface area is 124 Å². The number of nitrogens with zero attached hydrogens (tertiary/aromatic N) is 1. The third kappa shape index (κ3) is 3.29. The molecule has 21 heavy (non-hydrogen) atoms. The van der Waals surface area contributed by atoms with E-state index in [4.69, 9.17) is 9.47 Å². The molecule has 0 aliphatic carbocycles. The Bertz CT molecular complexity index is 641. The smallest absolute Gasteiger partial charge is 0.257 e. The van der Waals surface area contributed by atoms with Crippen molar-refractivity contribution in [2.75, 3.05) is 32.8 Å². The van der Waals surface area contributed by atoms with E-state index in [1.807, 2.05) is 0 Å². The maximum atomic E-state index is 12.5. The zero-order valence-corrected chi connectivity index (χ0v) is 13.1. The minimum atomic E-state index is -3.03. The minimum Gasteiger partial charge on any atom is -0.497 e. The first-order valence-corrected chi connectivity index (χ1v) is 8.39. The summed E-state index contributed by atoms with van der Waals surface area (Å²) in [6.07, 6.45) is 0.475. The topological polar surface area (TPSA) is 72.9 Å². The second-order valence-corrected chi connectivity index (χ2v) is 7.27. The van der Waals surface area contributed by atoms with Crippen molar-refractivity contribution in [3.05, 3.63) is 23.8 Å². The van der Waals surface area contributed by atoms with Crippen LogP contribution in [-0.2, 0) is 9.84 Å². The van der Waals surface area contributed by atoms with Crippen molar-refractivity contribution in [3.63, 3.8) is 0 Å². The predicted molar refractivity (Wildman–Crippen MR) is 78.7 cm³/mol. The van der Waals surface area contributed by atoms with E-state index >= 15 is 0 Å². The fourth-order valence-corrected chi connectivity index (χ4v) is 4.19. The molecule has 0 radical (unpaired) electrons. The first-order valence-electron chi connectivity index (χ1n) is 6.57. The lowest BCUT2D eigenvalue weighted by Gasteiger charge is -2.24. The SMILES string of the molecule is COc1ccc(C(=O)N(C)C2CCS(=O)(=O)C2)c(OC)c1. The Morgan fingerprint density at radius 3 is 2.52 bits per heavy atom. The zero-order valence-electron chi connectivity index (χ0n) is 12.3. The molecule has 1 aromatic rings. The fourth-order valence-electron chi connectivity index (χ4n) is 2.41. The molecule has 1 aliphatic heterocycles. The molecule has 1 fully saturated rings. The number of carbonyl (C=O) groups is 1. The molecule has 0 bridgehead atoms. The molecule has 7 heteroatoms. The van der Waals surface area contributed by atoms with E-state index in [-0.39, 0.29) is 23.5 Å². The van der Waals surface area contributed by atoms with E-state index in [9.17, 15) is 13.2 Å². The van der Waals surface area contributed by atoms with Crippen LogP contribution in [0.25, 0.3) is 0 Å². The van der Waals surface area contributed by atoms with Crippen molar-refractivity contribution in [2.45, 2.75) is 12.5 Å². The van der Waals surface area contributed by atoms with Crippen LogP contribution in [0.1, 0.15) is 16.8 Å². The van der Waals surface area contributed by atoms with Gasteiger partial charge in [0, 0.05) is 19.2 Å². The average Bonchev–Trinajstić information content (AvgIpc) is 2.85. The number of hydrogen-bond acceptors (Lipinski definition) is 5. The summed E-state index contributed by atoms with van der Waals surface area (Å²) in [4.78, 5) is 14.0. The number of hydrogen-bond donors (Lipinski definition) is 0. The van der Waals surface area contributed by atoms with Crippen molar-refractivity contribution >= 4 is 15.7 Å². The van der Waals surface area contributed by atoms with Crippen LogP contribution in [0.2, 0.25) is 0 Å². The molecule has 2 rings (SSSR count). The number of benzene rings is 1. The lowest BCUT2D eigenvalue weighted by molar-refractivity contribution is 0.0744. The summed E-state index contributed by atoms with van der Waals surface area (Å²) < 4.78 is 33.4. The number of sulfone groups is 1. The molecule has 1 aliphatic rings. The molecule has 1 amide bonds. The van der Waals surface area contributed by atoms with Crippen LogP contribution in [0, 0.1) is 0 Å². The maximum absolute atomic E-state index is 12.5. The molecular weight excluding hydrogens is 294 g/mol. The molecule has 116 valence electrons. The first kappa shape index (κ1) is 15.6. The van der Waals surface area contributed by atoms with Crippen LogP contribution in [0.5, 0.6) is 11.5 Å². The Hall–Kier alpha value is -1.76. The molecule has 1 unspecified atom stereocenters. The van der Waals surface area contributed by atoms with E-state index in [1.165, 1.54) is 19.1 Å². The van der Waals surface area contributed by atoms with Crippen LogP contribution in [-0.4, -0.2) is 58.0 Å². The predicted octanol–water partition coefficient (Wildman–Crippen LogP) is 0.963. The van der Waals surface area contributed by atoms with Crippen LogP contribution < -0.4 is 9.47 Å². The summed E-state index contributed by atoms with van der Waals surface area (Å²) in [5, 5.41) is 0. The van der Waals surface area contributed by atoms with Gasteiger partial charge in [-0.3, -0.25) is 4.79 Å². The van der Waals surface area contributed by atoms with E-state index in [2.05, 4.69) is 0 Å². The highest BCUT2D eigenvalue weighted by Gasteiger charge is 2.33. The van der Waals surface area contributed by atoms with Crippen molar-refractivity contribution in [3.8, 4) is 11.5 Å². The van der Waals surface area contributed by atoms with Gasteiger partial charge in [0.2, 0.25) is 0 Å². The molecule has 1 saturated heterocycles. The molecule has 1 aromatic carbocycles. The summed E-state index contributed by atoms with van der Waals surface area (Å²) in [5.41, 5.74) is 0.394. The van der Waals surface area contributed by atoms with E-state index < -0.39 is 9.84 Å². The summed E-state index contributed by atoms with van der Waals surface area (Å²) in [6.45, 7) is 0. The molecule has 0 aromatic heterocycles. The zero-order chi connectivity index (χ0) is 15.6. The molecule has 0 saturated carbocycles. The van der Waals surface area contributed by atoms with E-state index in [0.29, 0.717) is 23.5 Å². The van der Waals surface area contributed by atoms with Gasteiger partial charge in [-0.2, -0.15) is 0 Å². The first-order chi connectivity index (χ1) is 9.88. The second kappa shape index (κ2) is 5.93. The van der Waals surface area contributed by atoms with E-state index in [1.54, 1.807) is 25.2 Å². The number of amides is 1. The number of methoxy groups -OCH3 is 2. The Morgan fingerprint density at radius 2 is 2.00 bits per heavy atom. The van der Waals surface area contributed by atoms with Gasteiger partial charge in [-0.05, 0) is 18.6 Å². The number of carbonyl (C=O) groups excluding carboxylic acids is 1. The van der Waals surface area contributed by atoms with Gasteiger partial charge in [0.05, 0.1) is 31.3 Å². The molecular formula is C14H19NO5S. The van der Waals surface area contributed by atoms with Crippen molar-refractivity contribution in [2.24, 2.45) is 0 Å². The van der Waals surface area contributed by atoms with Crippen LogP contribution >= 0.6 is 0 Å². The van der Waals surface area contributed by atoms with Crippen LogP contribution in [0.15, 0.2) is 18.2 Å². The summed E-state index contributed by atoms with van der Waals surface area (Å²) in [6, 6.07) is 4.65. The standard InChI is InChI=1S/C14H19NO5S/c1-15(10-6-7-21(17,18)9-10)14(16)12-5-4-11(19-2)8-13(12)20-3/h4-5,8,10H,6-7,9H2,1-3H3. The molecule has 1 heterocycles. The number of ether oxygens (including phenoxy) is 2. The fraction of sp³-hybridized carbons (Fsp3) is 0.500. The molecule has 0 N–H and O–H groups in total. The summed E-state index contributed by atoms with van der Waals surface area (Å²) in [7, 11) is 1.61. The van der Waals surface area contributed by atoms with Gasteiger partial charge in [0.1, 0.15) is 11.5 Å². The second-order valence-electron chi connectivity index (χ2n) is 5.04. The van der Waals surface area contributed by atoms with Gasteiger partial charge in [-0.25, -0.2) is 8.42 Å². The lowest BCUT2D eigenvalue weighted by atomic mass is 10.1. The van der Waals surface area contributed by atoms with Gasteiger partial charge >= 0.3 is 0 Å². The Morgan fingerprint density at radius 1 is 1.29 bits per heavy atom. The van der Waals surface area contributed by atoms with Crippen molar-refractivity contribution < 1.29 is 22.7 Å². The Kier molecular flexibility index (Phi) is 4.41. The quantitative estimate of drug-likeness (QED) is 0.828. The highest BCUT2D eigenvalue weighted by atomic mass is 32.2. The third-order valence-electron chi connectivity index (χ3n) is 3.72. The van der Waals surface area contributed by atoms with Gasteiger partial charge < -0.3 is 14.4 Å². The Balaban J connectivity index is 2.23. The normalized spacial score (nSPS) is 20.0. The third-order valence-corrected chi connectivity index (χ3v) is 5.47. The number of rotatable bonds is 4. The van der Waals surface area contributed by atoms with Gasteiger partial charge in [0.25, 0.3) is 5.91 Å². The van der Waals surface area contributed by atoms with Crippen LogP contribution in [0.4, 0.5) is 0 Å². The highest BCUT2D eigenvalue weighted by molar-refractivity contribution is 7.91. The van der Waals surface area contributed by atoms with Crippen molar-refractivity contribution in [1.82, 2.24) is 4.90 Å².